The maximum atomic E-state index is 11.5. The van der Waals surface area contributed by atoms with Gasteiger partial charge >= 0.3 is 0 Å². The molecule has 0 fully saturated rings. The van der Waals surface area contributed by atoms with E-state index in [1.54, 1.807) is 0 Å². The summed E-state index contributed by atoms with van der Waals surface area (Å²) in [6.45, 7) is 9.95. The van der Waals surface area contributed by atoms with Crippen molar-refractivity contribution in [1.29, 1.82) is 0 Å². The van der Waals surface area contributed by atoms with Gasteiger partial charge in [0.25, 0.3) is 0 Å². The minimum absolute atomic E-state index is 0.0100. The number of sulfonamides is 1. The molecule has 4 nitrogen and oxygen atoms in total. The third-order valence-corrected chi connectivity index (χ3v) is 3.12. The van der Waals surface area contributed by atoms with Crippen LogP contribution in [0.15, 0.2) is 0 Å². The molecule has 0 unspecified atom stereocenters. The van der Waals surface area contributed by atoms with Gasteiger partial charge in [-0.25, -0.2) is 13.1 Å². The molecular formula is C10H24N2O2S. The van der Waals surface area contributed by atoms with E-state index in [0.29, 0.717) is 13.1 Å². The van der Waals surface area contributed by atoms with E-state index in [-0.39, 0.29) is 11.2 Å². The summed E-state index contributed by atoms with van der Waals surface area (Å²) in [5, 5.41) is 3.07. The lowest BCUT2D eigenvalue weighted by Gasteiger charge is -2.18. The average Bonchev–Trinajstić information content (AvgIpc) is 2.09. The number of hydrogen-bond donors (Lipinski definition) is 2. The fourth-order valence-electron chi connectivity index (χ4n) is 0.907. The molecule has 0 heterocycles. The summed E-state index contributed by atoms with van der Waals surface area (Å²) < 4.78 is 25.6. The molecule has 0 aliphatic heterocycles. The average molecular weight is 236 g/mol. The zero-order chi connectivity index (χ0) is 11.9. The molecule has 0 aliphatic rings. The zero-order valence-electron chi connectivity index (χ0n) is 10.3. The van der Waals surface area contributed by atoms with Gasteiger partial charge in [-0.15, -0.1) is 0 Å². The van der Waals surface area contributed by atoms with Crippen LogP contribution in [0.2, 0.25) is 0 Å². The first kappa shape index (κ1) is 14.9. The van der Waals surface area contributed by atoms with Crippen LogP contribution in [-0.2, 0) is 10.0 Å². The fraction of sp³-hybridized carbons (Fsp3) is 1.00. The van der Waals surface area contributed by atoms with Gasteiger partial charge in [0.1, 0.15) is 0 Å². The molecular weight excluding hydrogens is 212 g/mol. The highest BCUT2D eigenvalue weighted by molar-refractivity contribution is 7.89. The summed E-state index contributed by atoms with van der Waals surface area (Å²) in [6, 6.07) is 0. The largest absolute Gasteiger partial charge is 0.316 e. The highest BCUT2D eigenvalue weighted by atomic mass is 32.2. The summed E-state index contributed by atoms with van der Waals surface area (Å²) in [5.41, 5.74) is -0.0100. The van der Waals surface area contributed by atoms with Crippen molar-refractivity contribution in [2.75, 3.05) is 25.4 Å². The Kier molecular flexibility index (Phi) is 6.40. The van der Waals surface area contributed by atoms with Gasteiger partial charge in [-0.3, -0.25) is 0 Å². The molecule has 0 saturated carbocycles. The van der Waals surface area contributed by atoms with Gasteiger partial charge in [-0.2, -0.15) is 0 Å². The summed E-state index contributed by atoms with van der Waals surface area (Å²) in [6.07, 6.45) is 1.02. The van der Waals surface area contributed by atoms with Crippen LogP contribution in [0.25, 0.3) is 0 Å². The highest BCUT2D eigenvalue weighted by Gasteiger charge is 2.15. The Labute approximate surface area is 93.9 Å². The lowest BCUT2D eigenvalue weighted by molar-refractivity contribution is 0.407. The van der Waals surface area contributed by atoms with Crippen molar-refractivity contribution in [2.45, 2.75) is 34.1 Å². The number of rotatable bonds is 7. The van der Waals surface area contributed by atoms with Crippen LogP contribution in [0.4, 0.5) is 0 Å². The third kappa shape index (κ3) is 10.2. The molecule has 0 aromatic rings. The van der Waals surface area contributed by atoms with Crippen LogP contribution in [-0.4, -0.2) is 33.8 Å². The van der Waals surface area contributed by atoms with Gasteiger partial charge in [0.2, 0.25) is 10.0 Å². The lowest BCUT2D eigenvalue weighted by atomic mass is 9.98. The van der Waals surface area contributed by atoms with E-state index < -0.39 is 10.0 Å². The molecule has 15 heavy (non-hydrogen) atoms. The van der Waals surface area contributed by atoms with Crippen LogP contribution in [0, 0.1) is 5.41 Å². The molecule has 0 aromatic heterocycles. The summed E-state index contributed by atoms with van der Waals surface area (Å²) in [4.78, 5) is 0. The molecule has 5 heteroatoms. The minimum atomic E-state index is -3.11. The van der Waals surface area contributed by atoms with Crippen molar-refractivity contribution in [2.24, 2.45) is 5.41 Å². The first-order valence-electron chi connectivity index (χ1n) is 5.45. The SMILES string of the molecule is CCCNCCS(=O)(=O)NCC(C)(C)C. The van der Waals surface area contributed by atoms with Crippen molar-refractivity contribution in [1.82, 2.24) is 10.0 Å². The molecule has 0 aliphatic carbocycles. The van der Waals surface area contributed by atoms with Gasteiger partial charge < -0.3 is 5.32 Å². The van der Waals surface area contributed by atoms with Gasteiger partial charge in [0, 0.05) is 13.1 Å². The molecule has 0 bridgehead atoms. The molecule has 0 spiro atoms. The molecule has 0 amide bonds. The van der Waals surface area contributed by atoms with Crippen molar-refractivity contribution >= 4 is 10.0 Å². The Morgan fingerprint density at radius 1 is 1.13 bits per heavy atom. The van der Waals surface area contributed by atoms with Crippen LogP contribution >= 0.6 is 0 Å². The molecule has 0 radical (unpaired) electrons. The van der Waals surface area contributed by atoms with Crippen molar-refractivity contribution in [3.63, 3.8) is 0 Å². The standard InChI is InChI=1S/C10H24N2O2S/c1-5-6-11-7-8-15(13,14)12-9-10(2,3)4/h11-12H,5-9H2,1-4H3. The number of hydrogen-bond acceptors (Lipinski definition) is 3. The maximum absolute atomic E-state index is 11.5. The summed E-state index contributed by atoms with van der Waals surface area (Å²) in [7, 11) is -3.11. The maximum Gasteiger partial charge on any atom is 0.212 e. The van der Waals surface area contributed by atoms with Gasteiger partial charge in [-0.1, -0.05) is 27.7 Å². The second kappa shape index (κ2) is 6.45. The quantitative estimate of drug-likeness (QED) is 0.647. The normalized spacial score (nSPS) is 13.1. The van der Waals surface area contributed by atoms with E-state index in [1.807, 2.05) is 20.8 Å². The lowest BCUT2D eigenvalue weighted by Crippen LogP contribution is -2.36. The van der Waals surface area contributed by atoms with Crippen molar-refractivity contribution < 1.29 is 8.42 Å². The molecule has 0 saturated heterocycles. The van der Waals surface area contributed by atoms with Crippen molar-refractivity contribution in [3.8, 4) is 0 Å². The second-order valence-corrected chi connectivity index (χ2v) is 6.88. The van der Waals surface area contributed by atoms with E-state index in [1.165, 1.54) is 0 Å². The topological polar surface area (TPSA) is 58.2 Å². The smallest absolute Gasteiger partial charge is 0.212 e. The Bertz CT molecular complexity index is 255. The summed E-state index contributed by atoms with van der Waals surface area (Å²) >= 11 is 0. The molecule has 2 N–H and O–H groups in total. The van der Waals surface area contributed by atoms with Crippen LogP contribution in [0.3, 0.4) is 0 Å². The van der Waals surface area contributed by atoms with E-state index in [2.05, 4.69) is 17.0 Å². The molecule has 92 valence electrons. The van der Waals surface area contributed by atoms with E-state index in [9.17, 15) is 8.42 Å². The molecule has 0 atom stereocenters. The zero-order valence-corrected chi connectivity index (χ0v) is 11.1. The van der Waals surface area contributed by atoms with Gasteiger partial charge in [0.05, 0.1) is 5.75 Å². The van der Waals surface area contributed by atoms with E-state index in [4.69, 9.17) is 0 Å². The minimum Gasteiger partial charge on any atom is -0.316 e. The van der Waals surface area contributed by atoms with Crippen LogP contribution in [0.5, 0.6) is 0 Å². The predicted octanol–water partition coefficient (Wildman–Crippen LogP) is 0.952. The Hall–Kier alpha value is -0.130. The Balaban J connectivity index is 3.78. The Morgan fingerprint density at radius 2 is 1.73 bits per heavy atom. The second-order valence-electron chi connectivity index (χ2n) is 4.95. The van der Waals surface area contributed by atoms with Crippen molar-refractivity contribution in [3.05, 3.63) is 0 Å². The summed E-state index contributed by atoms with van der Waals surface area (Å²) in [5.74, 6) is 0.156. The molecule has 0 aromatic carbocycles. The van der Waals surface area contributed by atoms with Gasteiger partial charge in [0.15, 0.2) is 0 Å². The fourth-order valence-corrected chi connectivity index (χ4v) is 2.12. The van der Waals surface area contributed by atoms with Gasteiger partial charge in [-0.05, 0) is 18.4 Å². The number of nitrogens with one attached hydrogen (secondary N) is 2. The monoisotopic (exact) mass is 236 g/mol. The van der Waals surface area contributed by atoms with Crippen LogP contribution in [0.1, 0.15) is 34.1 Å². The first-order valence-corrected chi connectivity index (χ1v) is 7.10. The highest BCUT2D eigenvalue weighted by Crippen LogP contribution is 2.10. The van der Waals surface area contributed by atoms with Crippen LogP contribution < -0.4 is 10.0 Å². The van der Waals surface area contributed by atoms with E-state index >= 15 is 0 Å². The predicted molar refractivity (Wildman–Crippen MR) is 64.4 cm³/mol. The molecule has 0 rings (SSSR count). The Morgan fingerprint density at radius 3 is 2.20 bits per heavy atom. The third-order valence-electron chi connectivity index (χ3n) is 1.80. The first-order chi connectivity index (χ1) is 6.77. The van der Waals surface area contributed by atoms with E-state index in [0.717, 1.165) is 13.0 Å².